The molecule has 39 heavy (non-hydrogen) atoms. The fourth-order valence-corrected chi connectivity index (χ4v) is 3.16. The fourth-order valence-electron chi connectivity index (χ4n) is 3.16. The van der Waals surface area contributed by atoms with Gasteiger partial charge >= 0.3 is 0 Å². The van der Waals surface area contributed by atoms with Crippen molar-refractivity contribution >= 4 is 29.3 Å². The van der Waals surface area contributed by atoms with Gasteiger partial charge in [0.05, 0.1) is 30.8 Å². The second-order valence-electron chi connectivity index (χ2n) is 9.08. The number of hydrogen-bond donors (Lipinski definition) is 3. The number of hydrogen-bond acceptors (Lipinski definition) is 9. The summed E-state index contributed by atoms with van der Waals surface area (Å²) < 4.78 is 5.08. The third-order valence-electron chi connectivity index (χ3n) is 5.57. The summed E-state index contributed by atoms with van der Waals surface area (Å²) in [4.78, 5) is 41.2. The Morgan fingerprint density at radius 1 is 1.15 bits per heavy atom. The first-order valence-corrected chi connectivity index (χ1v) is 13.0. The SMILES string of the molecule is CCCNc1nc(Nc2ccc(OC)nc2)ncc1C#CCCCNC(=O)[C@H](C)N(C)C(=O)/C=C/CN(C)C. The van der Waals surface area contributed by atoms with Gasteiger partial charge in [0, 0.05) is 45.2 Å². The highest BCUT2D eigenvalue weighted by molar-refractivity contribution is 5.92. The van der Waals surface area contributed by atoms with Gasteiger partial charge in [-0.3, -0.25) is 9.59 Å². The zero-order valence-corrected chi connectivity index (χ0v) is 23.7. The van der Waals surface area contributed by atoms with Crippen molar-refractivity contribution < 1.29 is 14.3 Å². The molecule has 0 aliphatic carbocycles. The molecule has 2 heterocycles. The van der Waals surface area contributed by atoms with E-state index in [1.54, 1.807) is 45.6 Å². The standard InChI is InChI=1S/C28H40N8O3/c1-7-16-29-26-22(19-32-28(34-26)33-23-14-15-24(39-6)31-20-23)12-9-8-10-17-30-27(38)21(2)36(5)25(37)13-11-18-35(3)4/h11,13-15,19-21H,7-8,10,16-18H2,1-6H3,(H,30,38)(H2,29,32,33,34)/b13-11+/t21-/m0/s1. The minimum Gasteiger partial charge on any atom is -0.481 e. The van der Waals surface area contributed by atoms with Crippen LogP contribution in [0.4, 0.5) is 17.5 Å². The average Bonchev–Trinajstić information content (AvgIpc) is 2.93. The summed E-state index contributed by atoms with van der Waals surface area (Å²) in [6.45, 7) is 5.66. The number of pyridine rings is 1. The van der Waals surface area contributed by atoms with Gasteiger partial charge in [-0.05, 0) is 39.9 Å². The number of carbonyl (C=O) groups excluding carboxylic acids is 2. The molecule has 11 heteroatoms. The van der Waals surface area contributed by atoms with Gasteiger partial charge in [0.15, 0.2) is 0 Å². The Hall–Kier alpha value is -4.17. The van der Waals surface area contributed by atoms with Crippen molar-refractivity contribution in [1.29, 1.82) is 0 Å². The number of ether oxygens (including phenoxy) is 1. The first kappa shape index (κ1) is 31.1. The highest BCUT2D eigenvalue weighted by atomic mass is 16.5. The van der Waals surface area contributed by atoms with E-state index in [-0.39, 0.29) is 11.8 Å². The Morgan fingerprint density at radius 2 is 1.95 bits per heavy atom. The summed E-state index contributed by atoms with van der Waals surface area (Å²) in [6, 6.07) is 3.02. The average molecular weight is 537 g/mol. The van der Waals surface area contributed by atoms with Gasteiger partial charge in [0.2, 0.25) is 23.6 Å². The topological polar surface area (TPSA) is 125 Å². The zero-order valence-electron chi connectivity index (χ0n) is 23.7. The van der Waals surface area contributed by atoms with Gasteiger partial charge < -0.3 is 30.5 Å². The van der Waals surface area contributed by atoms with Crippen molar-refractivity contribution in [3.8, 4) is 17.7 Å². The first-order valence-electron chi connectivity index (χ1n) is 13.0. The molecule has 2 rings (SSSR count). The Kier molecular flexibility index (Phi) is 13.2. The maximum absolute atomic E-state index is 12.5. The number of methoxy groups -OCH3 is 1. The number of aromatic nitrogens is 3. The number of likely N-dealkylation sites (N-methyl/N-ethyl adjacent to an activating group) is 2. The summed E-state index contributed by atoms with van der Waals surface area (Å²) in [5.74, 6) is 7.46. The molecule has 0 bridgehead atoms. The molecule has 0 aliphatic rings. The Labute approximate surface area is 231 Å². The highest BCUT2D eigenvalue weighted by Gasteiger charge is 2.20. The molecule has 2 aromatic heterocycles. The number of carbonyl (C=O) groups is 2. The Morgan fingerprint density at radius 3 is 2.62 bits per heavy atom. The lowest BCUT2D eigenvalue weighted by Crippen LogP contribution is -2.45. The maximum Gasteiger partial charge on any atom is 0.246 e. The predicted molar refractivity (Wildman–Crippen MR) is 154 cm³/mol. The molecule has 0 saturated heterocycles. The normalized spacial score (nSPS) is 11.5. The van der Waals surface area contributed by atoms with E-state index < -0.39 is 6.04 Å². The number of anilines is 3. The van der Waals surface area contributed by atoms with E-state index in [4.69, 9.17) is 4.74 Å². The van der Waals surface area contributed by atoms with Gasteiger partial charge in [-0.15, -0.1) is 0 Å². The Bertz CT molecular complexity index is 1160. The van der Waals surface area contributed by atoms with Crippen LogP contribution in [0.25, 0.3) is 0 Å². The van der Waals surface area contributed by atoms with Crippen LogP contribution in [0.5, 0.6) is 5.88 Å². The van der Waals surface area contributed by atoms with Gasteiger partial charge in [0.1, 0.15) is 11.9 Å². The quantitative estimate of drug-likeness (QED) is 0.190. The lowest BCUT2D eigenvalue weighted by atomic mass is 10.2. The molecule has 11 nitrogen and oxygen atoms in total. The highest BCUT2D eigenvalue weighted by Crippen LogP contribution is 2.18. The van der Waals surface area contributed by atoms with E-state index in [2.05, 4.69) is 49.7 Å². The van der Waals surface area contributed by atoms with Crippen LogP contribution < -0.4 is 20.7 Å². The molecule has 3 N–H and O–H groups in total. The molecule has 210 valence electrons. The molecule has 0 unspecified atom stereocenters. The van der Waals surface area contributed by atoms with Gasteiger partial charge in [-0.1, -0.05) is 24.8 Å². The van der Waals surface area contributed by atoms with E-state index in [9.17, 15) is 9.59 Å². The second kappa shape index (κ2) is 16.6. The van der Waals surface area contributed by atoms with Crippen molar-refractivity contribution in [1.82, 2.24) is 30.1 Å². The molecule has 0 radical (unpaired) electrons. The van der Waals surface area contributed by atoms with Crippen LogP contribution in [-0.4, -0.2) is 90.5 Å². The zero-order chi connectivity index (χ0) is 28.6. The van der Waals surface area contributed by atoms with Crippen LogP contribution in [0, 0.1) is 11.8 Å². The smallest absolute Gasteiger partial charge is 0.246 e. The summed E-state index contributed by atoms with van der Waals surface area (Å²) in [6.07, 6.45) is 8.79. The lowest BCUT2D eigenvalue weighted by Gasteiger charge is -2.23. The monoisotopic (exact) mass is 536 g/mol. The van der Waals surface area contributed by atoms with Crippen LogP contribution in [0.3, 0.4) is 0 Å². The number of nitrogens with one attached hydrogen (secondary N) is 3. The van der Waals surface area contributed by atoms with Crippen molar-refractivity contribution in [2.24, 2.45) is 0 Å². The summed E-state index contributed by atoms with van der Waals surface area (Å²) in [5, 5.41) is 9.31. The number of amides is 2. The predicted octanol–water partition coefficient (Wildman–Crippen LogP) is 2.66. The van der Waals surface area contributed by atoms with Crippen LogP contribution in [0.1, 0.15) is 38.7 Å². The molecule has 0 fully saturated rings. The Balaban J connectivity index is 1.88. The van der Waals surface area contributed by atoms with Crippen LogP contribution in [0.2, 0.25) is 0 Å². The number of nitrogens with zero attached hydrogens (tertiary/aromatic N) is 5. The lowest BCUT2D eigenvalue weighted by molar-refractivity contribution is -0.135. The molecule has 2 amide bonds. The fraction of sp³-hybridized carbons (Fsp3) is 0.464. The second-order valence-corrected chi connectivity index (χ2v) is 9.08. The minimum absolute atomic E-state index is 0.200. The maximum atomic E-state index is 12.5. The van der Waals surface area contributed by atoms with Crippen LogP contribution >= 0.6 is 0 Å². The van der Waals surface area contributed by atoms with Gasteiger partial charge in [0.25, 0.3) is 0 Å². The molecular weight excluding hydrogens is 496 g/mol. The van der Waals surface area contributed by atoms with Gasteiger partial charge in [-0.25, -0.2) is 9.97 Å². The van der Waals surface area contributed by atoms with E-state index in [1.807, 2.05) is 25.1 Å². The molecule has 0 spiro atoms. The molecule has 0 aromatic carbocycles. The largest absolute Gasteiger partial charge is 0.481 e. The molecule has 0 saturated carbocycles. The van der Waals surface area contributed by atoms with Crippen molar-refractivity contribution in [3.05, 3.63) is 42.2 Å². The third kappa shape index (κ3) is 11.0. The summed E-state index contributed by atoms with van der Waals surface area (Å²) >= 11 is 0. The van der Waals surface area contributed by atoms with Crippen molar-refractivity contribution in [2.75, 3.05) is 58.5 Å². The van der Waals surface area contributed by atoms with Crippen molar-refractivity contribution in [3.63, 3.8) is 0 Å². The van der Waals surface area contributed by atoms with Crippen molar-refractivity contribution in [2.45, 2.75) is 39.2 Å². The summed E-state index contributed by atoms with van der Waals surface area (Å²) in [7, 11) is 7.03. The molecule has 0 aliphatic heterocycles. The van der Waals surface area contributed by atoms with E-state index >= 15 is 0 Å². The number of unbranched alkanes of at least 4 members (excludes halogenated alkanes) is 1. The van der Waals surface area contributed by atoms with Gasteiger partial charge in [-0.2, -0.15) is 4.98 Å². The van der Waals surface area contributed by atoms with Crippen LogP contribution in [-0.2, 0) is 9.59 Å². The molecule has 2 aromatic rings. The van der Waals surface area contributed by atoms with E-state index in [1.165, 1.54) is 11.0 Å². The minimum atomic E-state index is -0.572. The van der Waals surface area contributed by atoms with Crippen LogP contribution in [0.15, 0.2) is 36.7 Å². The third-order valence-corrected chi connectivity index (χ3v) is 5.57. The molecule has 1 atom stereocenters. The first-order chi connectivity index (χ1) is 18.7. The summed E-state index contributed by atoms with van der Waals surface area (Å²) in [5.41, 5.74) is 1.44. The number of rotatable bonds is 14. The van der Waals surface area contributed by atoms with E-state index in [0.717, 1.165) is 18.7 Å². The van der Waals surface area contributed by atoms with E-state index in [0.29, 0.717) is 49.1 Å². The molecular formula is C28H40N8O3.